The zero-order chi connectivity index (χ0) is 15.7. The minimum atomic E-state index is -1.20. The van der Waals surface area contributed by atoms with Gasteiger partial charge in [0.25, 0.3) is 0 Å². The van der Waals surface area contributed by atoms with Gasteiger partial charge < -0.3 is 9.64 Å². The molecule has 3 rings (SSSR count). The fourth-order valence-electron chi connectivity index (χ4n) is 3.79. The first-order valence-corrected chi connectivity index (χ1v) is 8.09. The molecule has 0 spiro atoms. The molecule has 2 aliphatic rings. The van der Waals surface area contributed by atoms with Crippen LogP contribution in [0.1, 0.15) is 38.2 Å². The number of rotatable bonds is 4. The van der Waals surface area contributed by atoms with Crippen LogP contribution in [0.2, 0.25) is 0 Å². The van der Waals surface area contributed by atoms with Crippen LogP contribution in [0, 0.1) is 0 Å². The van der Waals surface area contributed by atoms with Gasteiger partial charge in [0.1, 0.15) is 18.2 Å². The fraction of sp³-hybridized carbons (Fsp3) is 0.611. The molecule has 0 saturated carbocycles. The Morgan fingerprint density at radius 3 is 2.41 bits per heavy atom. The number of carbonyl (C=O) groups is 1. The van der Waals surface area contributed by atoms with Gasteiger partial charge in [0.2, 0.25) is 0 Å². The number of ether oxygens (including phenoxy) is 1. The van der Waals surface area contributed by atoms with Crippen LogP contribution in [0.3, 0.4) is 0 Å². The van der Waals surface area contributed by atoms with Crippen molar-refractivity contribution in [1.82, 2.24) is 4.90 Å². The van der Waals surface area contributed by atoms with Crippen LogP contribution in [0.25, 0.3) is 0 Å². The van der Waals surface area contributed by atoms with Gasteiger partial charge in [-0.1, -0.05) is 30.3 Å². The number of hydrogen-bond donors (Lipinski definition) is 0. The number of nitrogens with zero attached hydrogens (tertiary/aromatic N) is 1. The standard InChI is InChI=1S/C18H24FNO2/c1-18(12-19,13-6-4-3-5-7-13)17(21)22-16-10-14-8-9-15(11-16)20(14)2/h3-7,14-16H,8-12H2,1-2H3. The Labute approximate surface area is 131 Å². The summed E-state index contributed by atoms with van der Waals surface area (Å²) < 4.78 is 19.4. The van der Waals surface area contributed by atoms with E-state index < -0.39 is 18.1 Å². The van der Waals surface area contributed by atoms with E-state index in [4.69, 9.17) is 4.74 Å². The lowest BCUT2D eigenvalue weighted by Gasteiger charge is -2.37. The molecule has 1 aromatic rings. The molecule has 1 aromatic carbocycles. The highest BCUT2D eigenvalue weighted by Crippen LogP contribution is 2.36. The van der Waals surface area contributed by atoms with Gasteiger partial charge in [-0.25, -0.2) is 4.39 Å². The molecule has 0 N–H and O–H groups in total. The lowest BCUT2D eigenvalue weighted by atomic mass is 9.83. The summed E-state index contributed by atoms with van der Waals surface area (Å²) in [5.41, 5.74) is -0.526. The minimum Gasteiger partial charge on any atom is -0.462 e. The van der Waals surface area contributed by atoms with Gasteiger partial charge in [0.05, 0.1) is 0 Å². The number of esters is 1. The number of halogens is 1. The molecule has 120 valence electrons. The minimum absolute atomic E-state index is 0.0733. The van der Waals surface area contributed by atoms with Crippen molar-refractivity contribution < 1.29 is 13.9 Å². The number of hydrogen-bond acceptors (Lipinski definition) is 3. The number of benzene rings is 1. The van der Waals surface area contributed by atoms with E-state index in [0.29, 0.717) is 17.6 Å². The Balaban J connectivity index is 1.71. The van der Waals surface area contributed by atoms with Crippen LogP contribution in [-0.2, 0) is 14.9 Å². The normalized spacial score (nSPS) is 30.8. The molecule has 4 heteroatoms. The van der Waals surface area contributed by atoms with Gasteiger partial charge in [-0.05, 0) is 45.2 Å². The van der Waals surface area contributed by atoms with Crippen molar-refractivity contribution in [1.29, 1.82) is 0 Å². The van der Waals surface area contributed by atoms with E-state index in [-0.39, 0.29) is 6.10 Å². The molecule has 2 fully saturated rings. The third kappa shape index (κ3) is 2.65. The summed E-state index contributed by atoms with van der Waals surface area (Å²) in [6.07, 6.45) is 4.02. The van der Waals surface area contributed by atoms with Gasteiger partial charge in [-0.3, -0.25) is 4.79 Å². The molecule has 3 atom stereocenters. The van der Waals surface area contributed by atoms with Gasteiger partial charge in [0.15, 0.2) is 0 Å². The maximum absolute atomic E-state index is 13.7. The summed E-state index contributed by atoms with van der Waals surface area (Å²) in [6, 6.07) is 10.1. The van der Waals surface area contributed by atoms with Crippen LogP contribution in [0.4, 0.5) is 4.39 Å². The van der Waals surface area contributed by atoms with E-state index in [0.717, 1.165) is 12.8 Å². The monoisotopic (exact) mass is 305 g/mol. The molecule has 0 radical (unpaired) electrons. The van der Waals surface area contributed by atoms with E-state index in [1.165, 1.54) is 12.8 Å². The van der Waals surface area contributed by atoms with E-state index in [2.05, 4.69) is 11.9 Å². The zero-order valence-electron chi connectivity index (χ0n) is 13.3. The highest BCUT2D eigenvalue weighted by Gasteiger charge is 2.43. The molecule has 3 nitrogen and oxygen atoms in total. The maximum Gasteiger partial charge on any atom is 0.319 e. The molecule has 22 heavy (non-hydrogen) atoms. The van der Waals surface area contributed by atoms with Crippen molar-refractivity contribution >= 4 is 5.97 Å². The topological polar surface area (TPSA) is 29.5 Å². The molecule has 2 aliphatic heterocycles. The van der Waals surface area contributed by atoms with Crippen molar-refractivity contribution in [3.8, 4) is 0 Å². The first-order valence-electron chi connectivity index (χ1n) is 8.09. The summed E-state index contributed by atoms with van der Waals surface area (Å²) in [5, 5.41) is 0. The summed E-state index contributed by atoms with van der Waals surface area (Å²) in [4.78, 5) is 15.0. The fourth-order valence-corrected chi connectivity index (χ4v) is 3.79. The van der Waals surface area contributed by atoms with E-state index in [1.54, 1.807) is 19.1 Å². The van der Waals surface area contributed by atoms with Crippen molar-refractivity contribution in [2.75, 3.05) is 13.7 Å². The summed E-state index contributed by atoms with van der Waals surface area (Å²) in [5.74, 6) is -0.435. The van der Waals surface area contributed by atoms with E-state index in [1.807, 2.05) is 18.2 Å². The Hall–Kier alpha value is -1.42. The zero-order valence-corrected chi connectivity index (χ0v) is 13.3. The van der Waals surface area contributed by atoms with E-state index >= 15 is 0 Å². The van der Waals surface area contributed by atoms with Gasteiger partial charge in [-0.2, -0.15) is 0 Å². The average molecular weight is 305 g/mol. The lowest BCUT2D eigenvalue weighted by Crippen LogP contribution is -2.46. The van der Waals surface area contributed by atoms with Crippen LogP contribution >= 0.6 is 0 Å². The summed E-state index contributed by atoms with van der Waals surface area (Å²) >= 11 is 0. The van der Waals surface area contributed by atoms with Crippen LogP contribution < -0.4 is 0 Å². The van der Waals surface area contributed by atoms with Gasteiger partial charge in [0, 0.05) is 12.1 Å². The second-order valence-corrected chi connectivity index (χ2v) is 6.88. The van der Waals surface area contributed by atoms with Crippen LogP contribution in [-0.4, -0.2) is 42.8 Å². The van der Waals surface area contributed by atoms with Crippen molar-refractivity contribution in [3.63, 3.8) is 0 Å². The maximum atomic E-state index is 13.7. The number of fused-ring (bicyclic) bond motifs is 2. The van der Waals surface area contributed by atoms with Crippen LogP contribution in [0.15, 0.2) is 30.3 Å². The SMILES string of the molecule is CN1C2CCC1CC(OC(=O)C(C)(CF)c1ccccc1)C2. The van der Waals surface area contributed by atoms with Gasteiger partial charge >= 0.3 is 5.97 Å². The summed E-state index contributed by atoms with van der Waals surface area (Å²) in [6.45, 7) is 0.892. The first kappa shape index (κ1) is 15.5. The Morgan fingerprint density at radius 2 is 1.86 bits per heavy atom. The second kappa shape index (κ2) is 5.99. The Morgan fingerprint density at radius 1 is 1.27 bits per heavy atom. The molecule has 2 saturated heterocycles. The van der Waals surface area contributed by atoms with Crippen molar-refractivity contribution in [2.45, 2.75) is 56.2 Å². The third-order valence-corrected chi connectivity index (χ3v) is 5.46. The predicted octanol–water partition coefficient (Wildman–Crippen LogP) is 3.08. The highest BCUT2D eigenvalue weighted by molar-refractivity contribution is 5.83. The summed E-state index contributed by atoms with van der Waals surface area (Å²) in [7, 11) is 2.15. The Kier molecular flexibility index (Phi) is 4.22. The molecular weight excluding hydrogens is 281 g/mol. The average Bonchev–Trinajstić information content (AvgIpc) is 2.76. The predicted molar refractivity (Wildman–Crippen MR) is 83.5 cm³/mol. The molecule has 2 bridgehead atoms. The molecule has 0 aliphatic carbocycles. The molecule has 2 heterocycles. The third-order valence-electron chi connectivity index (χ3n) is 5.46. The number of alkyl halides is 1. The second-order valence-electron chi connectivity index (χ2n) is 6.88. The Bertz CT molecular complexity index is 521. The molecule has 3 unspecified atom stereocenters. The first-order chi connectivity index (χ1) is 10.5. The smallest absolute Gasteiger partial charge is 0.319 e. The van der Waals surface area contributed by atoms with Gasteiger partial charge in [-0.15, -0.1) is 0 Å². The van der Waals surface area contributed by atoms with Crippen molar-refractivity contribution in [3.05, 3.63) is 35.9 Å². The lowest BCUT2D eigenvalue weighted by molar-refractivity contribution is -0.159. The molecule has 0 aromatic heterocycles. The van der Waals surface area contributed by atoms with E-state index in [9.17, 15) is 9.18 Å². The number of carbonyl (C=O) groups excluding carboxylic acids is 1. The molecule has 0 amide bonds. The number of piperidine rings is 1. The molecular formula is C18H24FNO2. The van der Waals surface area contributed by atoms with Crippen molar-refractivity contribution in [2.24, 2.45) is 0 Å². The largest absolute Gasteiger partial charge is 0.462 e. The quantitative estimate of drug-likeness (QED) is 0.801. The van der Waals surface area contributed by atoms with Crippen LogP contribution in [0.5, 0.6) is 0 Å². The highest BCUT2D eigenvalue weighted by atomic mass is 19.1.